The first kappa shape index (κ1) is 43.0. The van der Waals surface area contributed by atoms with Crippen molar-refractivity contribution >= 4 is 43.6 Å². The van der Waals surface area contributed by atoms with E-state index in [2.05, 4.69) is 238 Å². The number of hydrogen-bond donors (Lipinski definition) is 0. The lowest BCUT2D eigenvalue weighted by Crippen LogP contribution is -2.15. The van der Waals surface area contributed by atoms with Crippen LogP contribution in [0, 0.1) is 0 Å². The number of para-hydroxylation sites is 4. The molecular weight excluding hydrogens is 805 g/mol. The van der Waals surface area contributed by atoms with Crippen LogP contribution in [0.25, 0.3) is 89.4 Å². The number of benzene rings is 4. The average Bonchev–Trinajstić information content (AvgIpc) is 3.80. The van der Waals surface area contributed by atoms with Crippen LogP contribution in [0.15, 0.2) is 146 Å². The Morgan fingerprint density at radius 3 is 0.727 bits per heavy atom. The zero-order chi connectivity index (χ0) is 46.5. The van der Waals surface area contributed by atoms with Gasteiger partial charge in [0.2, 0.25) is 0 Å². The van der Waals surface area contributed by atoms with Crippen LogP contribution < -0.4 is 0 Å². The summed E-state index contributed by atoms with van der Waals surface area (Å²) in [6.45, 7) is 27.2. The molecule has 6 heteroatoms. The first-order valence-corrected chi connectivity index (χ1v) is 23.3. The highest BCUT2D eigenvalue weighted by Gasteiger charge is 2.26. The van der Waals surface area contributed by atoms with E-state index in [1.165, 1.54) is 32.7 Å². The molecule has 10 aromatic rings. The summed E-state index contributed by atoms with van der Waals surface area (Å²) in [6.07, 6.45) is 0. The van der Waals surface area contributed by atoms with Gasteiger partial charge in [-0.15, -0.1) is 0 Å². The van der Waals surface area contributed by atoms with Crippen molar-refractivity contribution in [2.75, 3.05) is 0 Å². The summed E-state index contributed by atoms with van der Waals surface area (Å²) in [5.74, 6) is 1.75. The Morgan fingerprint density at radius 1 is 0.273 bits per heavy atom. The van der Waals surface area contributed by atoms with Gasteiger partial charge in [0.1, 0.15) is 11.6 Å². The van der Waals surface area contributed by atoms with Gasteiger partial charge in [-0.2, -0.15) is 0 Å². The van der Waals surface area contributed by atoms with Crippen LogP contribution in [-0.2, 0) is 21.7 Å². The van der Waals surface area contributed by atoms with Crippen LogP contribution in [0.5, 0.6) is 0 Å². The Bertz CT molecular complexity index is 3180. The van der Waals surface area contributed by atoms with E-state index in [0.717, 1.165) is 79.0 Å². The predicted molar refractivity (Wildman–Crippen MR) is 277 cm³/mol. The third-order valence-corrected chi connectivity index (χ3v) is 13.1. The normalized spacial score (nSPS) is 12.8. The van der Waals surface area contributed by atoms with Gasteiger partial charge >= 0.3 is 0 Å². The number of nitrogens with zero attached hydrogens (tertiary/aromatic N) is 6. The van der Waals surface area contributed by atoms with Crippen molar-refractivity contribution in [3.05, 3.63) is 168 Å². The largest absolute Gasteiger partial charge is 0.294 e. The molecule has 0 spiro atoms. The van der Waals surface area contributed by atoms with Gasteiger partial charge in [0.05, 0.1) is 56.2 Å². The Kier molecular flexibility index (Phi) is 9.99. The second-order valence-electron chi connectivity index (χ2n) is 22.2. The number of hydrogen-bond acceptors (Lipinski definition) is 4. The van der Waals surface area contributed by atoms with Gasteiger partial charge in [0, 0.05) is 21.5 Å². The first-order valence-electron chi connectivity index (χ1n) is 23.3. The fourth-order valence-electron chi connectivity index (χ4n) is 9.18. The minimum Gasteiger partial charge on any atom is -0.294 e. The standard InChI is InChI=1S/C60H60N6/c1-57(2,3)37-29-45(61-47(31-37)49-33-39(59(7,8)9)35-55(63-49)65-51-25-17-13-21-41(51)42-22-14-18-26-52(42)65)46-30-38(58(4,5)6)32-48(62-46)50-34-40(60(10,11)12)36-56(64-50)66-53-27-19-15-23-43(53)44-24-16-20-28-54(44)66/h13-36H,1-12H3. The molecule has 0 saturated heterocycles. The van der Waals surface area contributed by atoms with Crippen LogP contribution >= 0.6 is 0 Å². The van der Waals surface area contributed by atoms with Gasteiger partial charge in [0.25, 0.3) is 0 Å². The molecule has 0 aliphatic rings. The van der Waals surface area contributed by atoms with E-state index >= 15 is 0 Å². The number of rotatable bonds is 5. The van der Waals surface area contributed by atoms with Gasteiger partial charge in [-0.3, -0.25) is 9.13 Å². The van der Waals surface area contributed by atoms with Crippen molar-refractivity contribution in [2.24, 2.45) is 0 Å². The fourth-order valence-corrected chi connectivity index (χ4v) is 9.18. The highest BCUT2D eigenvalue weighted by molar-refractivity contribution is 6.10. The molecule has 6 nitrogen and oxygen atoms in total. The van der Waals surface area contributed by atoms with Crippen molar-refractivity contribution in [1.29, 1.82) is 0 Å². The number of fused-ring (bicyclic) bond motifs is 6. The van der Waals surface area contributed by atoms with E-state index in [-0.39, 0.29) is 21.7 Å². The molecule has 6 heterocycles. The molecule has 4 aromatic carbocycles. The molecule has 0 aliphatic heterocycles. The molecule has 66 heavy (non-hydrogen) atoms. The Hall–Kier alpha value is -6.92. The molecule has 0 bridgehead atoms. The number of pyridine rings is 4. The smallest absolute Gasteiger partial charge is 0.138 e. The fraction of sp³-hybridized carbons (Fsp3) is 0.267. The van der Waals surface area contributed by atoms with E-state index in [4.69, 9.17) is 19.9 Å². The van der Waals surface area contributed by atoms with E-state index in [1.54, 1.807) is 0 Å². The SMILES string of the molecule is CC(C)(C)c1cc(-c2cc(C(C)(C)C)cc(-c3cc(C(C)(C)C)cc(-n4c5ccccc5c5ccccc54)n3)n2)nc(-c2cc(C(C)(C)C)cc(-n3c4ccccc4c4ccccc43)n2)c1. The monoisotopic (exact) mass is 864 g/mol. The molecule has 0 fully saturated rings. The van der Waals surface area contributed by atoms with E-state index in [0.29, 0.717) is 0 Å². The quantitative estimate of drug-likeness (QED) is 0.173. The Balaban J connectivity index is 1.20. The van der Waals surface area contributed by atoms with Crippen molar-refractivity contribution in [2.45, 2.75) is 105 Å². The summed E-state index contributed by atoms with van der Waals surface area (Å²) in [5.41, 5.74) is 13.4. The van der Waals surface area contributed by atoms with Gasteiger partial charge in [-0.05, 0) is 117 Å². The summed E-state index contributed by atoms with van der Waals surface area (Å²) in [6, 6.07) is 52.4. The Labute approximate surface area is 389 Å². The van der Waals surface area contributed by atoms with Gasteiger partial charge in [-0.25, -0.2) is 19.9 Å². The van der Waals surface area contributed by atoms with E-state index in [9.17, 15) is 0 Å². The van der Waals surface area contributed by atoms with Crippen molar-refractivity contribution in [3.8, 4) is 45.8 Å². The maximum Gasteiger partial charge on any atom is 0.138 e. The summed E-state index contributed by atoms with van der Waals surface area (Å²) in [5, 5.41) is 4.83. The lowest BCUT2D eigenvalue weighted by molar-refractivity contribution is 0.587. The minimum atomic E-state index is -0.186. The number of aromatic nitrogens is 6. The summed E-state index contributed by atoms with van der Waals surface area (Å²) in [4.78, 5) is 22.1. The van der Waals surface area contributed by atoms with E-state index < -0.39 is 0 Å². The van der Waals surface area contributed by atoms with Gasteiger partial charge < -0.3 is 0 Å². The van der Waals surface area contributed by atoms with Crippen molar-refractivity contribution < 1.29 is 0 Å². The van der Waals surface area contributed by atoms with Crippen LogP contribution in [0.2, 0.25) is 0 Å². The highest BCUT2D eigenvalue weighted by Crippen LogP contribution is 2.39. The lowest BCUT2D eigenvalue weighted by atomic mass is 9.84. The zero-order valence-electron chi connectivity index (χ0n) is 40.5. The molecular formula is C60H60N6. The molecule has 10 rings (SSSR count). The molecule has 0 aliphatic carbocycles. The van der Waals surface area contributed by atoms with Crippen LogP contribution in [0.1, 0.15) is 105 Å². The zero-order valence-corrected chi connectivity index (χ0v) is 40.5. The second kappa shape index (κ2) is 15.3. The maximum absolute atomic E-state index is 5.54. The lowest BCUT2D eigenvalue weighted by Gasteiger charge is -2.24. The highest BCUT2D eigenvalue weighted by atomic mass is 15.1. The molecule has 0 amide bonds. The molecule has 0 unspecified atom stereocenters. The van der Waals surface area contributed by atoms with Gasteiger partial charge in [-0.1, -0.05) is 156 Å². The van der Waals surface area contributed by atoms with Crippen LogP contribution in [0.4, 0.5) is 0 Å². The summed E-state index contributed by atoms with van der Waals surface area (Å²) >= 11 is 0. The van der Waals surface area contributed by atoms with Crippen molar-refractivity contribution in [1.82, 2.24) is 29.1 Å². The van der Waals surface area contributed by atoms with Crippen molar-refractivity contribution in [3.63, 3.8) is 0 Å². The van der Waals surface area contributed by atoms with Crippen LogP contribution in [-0.4, -0.2) is 29.1 Å². The third-order valence-electron chi connectivity index (χ3n) is 13.1. The summed E-state index contributed by atoms with van der Waals surface area (Å²) in [7, 11) is 0. The molecule has 330 valence electrons. The molecule has 0 N–H and O–H groups in total. The molecule has 0 saturated carbocycles. The maximum atomic E-state index is 5.54. The minimum absolute atomic E-state index is 0.153. The first-order chi connectivity index (χ1) is 31.2. The second-order valence-corrected chi connectivity index (χ2v) is 22.2. The average molecular weight is 865 g/mol. The third kappa shape index (κ3) is 7.66. The predicted octanol–water partition coefficient (Wildman–Crippen LogP) is 15.7. The Morgan fingerprint density at radius 2 is 0.485 bits per heavy atom. The van der Waals surface area contributed by atoms with Crippen LogP contribution in [0.3, 0.4) is 0 Å². The molecule has 0 radical (unpaired) electrons. The molecule has 0 atom stereocenters. The topological polar surface area (TPSA) is 61.4 Å². The molecule has 6 aromatic heterocycles. The van der Waals surface area contributed by atoms with Gasteiger partial charge in [0.15, 0.2) is 0 Å². The summed E-state index contributed by atoms with van der Waals surface area (Å²) < 4.78 is 4.62. The van der Waals surface area contributed by atoms with E-state index in [1.807, 2.05) is 0 Å².